The predicted molar refractivity (Wildman–Crippen MR) is 115 cm³/mol. The lowest BCUT2D eigenvalue weighted by atomic mass is 10.00. The molecule has 0 saturated carbocycles. The van der Waals surface area contributed by atoms with Crippen molar-refractivity contribution in [2.75, 3.05) is 17.1 Å². The number of aryl methyl sites for hydroxylation is 2. The third kappa shape index (κ3) is 5.58. The molecule has 0 aliphatic carbocycles. The van der Waals surface area contributed by atoms with E-state index in [4.69, 9.17) is 0 Å². The van der Waals surface area contributed by atoms with Crippen molar-refractivity contribution in [3.05, 3.63) is 64.7 Å². The van der Waals surface area contributed by atoms with Crippen LogP contribution in [0, 0.1) is 13.8 Å². The van der Waals surface area contributed by atoms with Gasteiger partial charge in [0, 0.05) is 0 Å². The van der Waals surface area contributed by atoms with Crippen LogP contribution in [0.1, 0.15) is 55.0 Å². The molecule has 0 saturated heterocycles. The van der Waals surface area contributed by atoms with E-state index in [-0.39, 0.29) is 18.5 Å². The molecule has 0 aliphatic rings. The zero-order chi connectivity index (χ0) is 21.1. The average Bonchev–Trinajstić information content (AvgIpc) is 2.60. The second kappa shape index (κ2) is 8.78. The smallest absolute Gasteiger partial charge is 0.241 e. The Morgan fingerprint density at radius 1 is 1.04 bits per heavy atom. The fourth-order valence-corrected chi connectivity index (χ4v) is 4.00. The van der Waals surface area contributed by atoms with Crippen molar-refractivity contribution in [2.24, 2.45) is 0 Å². The van der Waals surface area contributed by atoms with Gasteiger partial charge in [0.05, 0.1) is 18.0 Å². The second-order valence-electron chi connectivity index (χ2n) is 7.67. The van der Waals surface area contributed by atoms with Gasteiger partial charge >= 0.3 is 0 Å². The van der Waals surface area contributed by atoms with Gasteiger partial charge in [0.15, 0.2) is 0 Å². The first-order chi connectivity index (χ1) is 13.0. The summed E-state index contributed by atoms with van der Waals surface area (Å²) in [6, 6.07) is 13.2. The number of hydrogen-bond acceptors (Lipinski definition) is 3. The largest absolute Gasteiger partial charge is 0.348 e. The molecule has 152 valence electrons. The maximum Gasteiger partial charge on any atom is 0.241 e. The molecule has 0 aromatic heterocycles. The highest BCUT2D eigenvalue weighted by molar-refractivity contribution is 7.92. The standard InChI is InChI=1S/C22H30N2O3S/c1-15(2)19-9-11-20(12-10-19)24(28(6,26)27)14-22(25)23-18(5)21-13-16(3)7-8-17(21)4/h7-13,15,18H,14H2,1-6H3,(H,23,25)/t18-/m1/s1. The molecule has 2 aromatic carbocycles. The van der Waals surface area contributed by atoms with Crippen LogP contribution in [0.3, 0.4) is 0 Å². The van der Waals surface area contributed by atoms with Crippen molar-refractivity contribution in [3.63, 3.8) is 0 Å². The Labute approximate surface area is 168 Å². The van der Waals surface area contributed by atoms with Crippen LogP contribution in [0.2, 0.25) is 0 Å². The lowest BCUT2D eigenvalue weighted by Crippen LogP contribution is -2.41. The Morgan fingerprint density at radius 3 is 2.18 bits per heavy atom. The number of carbonyl (C=O) groups is 1. The molecule has 1 N–H and O–H groups in total. The van der Waals surface area contributed by atoms with Gasteiger partial charge in [-0.1, -0.05) is 49.7 Å². The van der Waals surface area contributed by atoms with E-state index in [1.54, 1.807) is 12.1 Å². The van der Waals surface area contributed by atoms with Crippen LogP contribution in [0.5, 0.6) is 0 Å². The van der Waals surface area contributed by atoms with Crippen molar-refractivity contribution in [2.45, 2.75) is 46.6 Å². The number of anilines is 1. The van der Waals surface area contributed by atoms with Gasteiger partial charge in [-0.05, 0) is 55.5 Å². The molecule has 0 radical (unpaired) electrons. The third-order valence-electron chi connectivity index (χ3n) is 4.81. The van der Waals surface area contributed by atoms with Gasteiger partial charge in [0.25, 0.3) is 0 Å². The molecule has 0 aliphatic heterocycles. The number of rotatable bonds is 7. The van der Waals surface area contributed by atoms with Crippen molar-refractivity contribution in [3.8, 4) is 0 Å². The van der Waals surface area contributed by atoms with Crippen LogP contribution in [0.25, 0.3) is 0 Å². The molecule has 0 unspecified atom stereocenters. The zero-order valence-corrected chi connectivity index (χ0v) is 18.3. The zero-order valence-electron chi connectivity index (χ0n) is 17.5. The minimum atomic E-state index is -3.59. The molecular weight excluding hydrogens is 372 g/mol. The van der Waals surface area contributed by atoms with Gasteiger partial charge in [-0.3, -0.25) is 9.10 Å². The van der Waals surface area contributed by atoms with Gasteiger partial charge in [-0.2, -0.15) is 0 Å². The van der Waals surface area contributed by atoms with Crippen molar-refractivity contribution < 1.29 is 13.2 Å². The molecule has 0 bridgehead atoms. The summed E-state index contributed by atoms with van der Waals surface area (Å²) in [5.74, 6) is 0.00854. The van der Waals surface area contributed by atoms with Crippen LogP contribution in [0.4, 0.5) is 5.69 Å². The topological polar surface area (TPSA) is 66.5 Å². The summed E-state index contributed by atoms with van der Waals surface area (Å²) in [6.45, 7) is 9.80. The van der Waals surface area contributed by atoms with Crippen LogP contribution in [0.15, 0.2) is 42.5 Å². The highest BCUT2D eigenvalue weighted by atomic mass is 32.2. The van der Waals surface area contributed by atoms with Crippen molar-refractivity contribution >= 4 is 21.6 Å². The fourth-order valence-electron chi connectivity index (χ4n) is 3.15. The molecule has 28 heavy (non-hydrogen) atoms. The molecule has 1 atom stereocenters. The number of amides is 1. The van der Waals surface area contributed by atoms with Crippen molar-refractivity contribution in [1.29, 1.82) is 0 Å². The van der Waals surface area contributed by atoms with Gasteiger partial charge in [0.2, 0.25) is 15.9 Å². The van der Waals surface area contributed by atoms with Gasteiger partial charge in [-0.25, -0.2) is 8.42 Å². The maximum absolute atomic E-state index is 12.6. The second-order valence-corrected chi connectivity index (χ2v) is 9.57. The molecule has 0 fully saturated rings. The molecule has 0 heterocycles. The summed E-state index contributed by atoms with van der Waals surface area (Å²) < 4.78 is 25.7. The lowest BCUT2D eigenvalue weighted by molar-refractivity contribution is -0.120. The van der Waals surface area contributed by atoms with E-state index in [0.29, 0.717) is 11.6 Å². The van der Waals surface area contributed by atoms with E-state index in [9.17, 15) is 13.2 Å². The number of nitrogens with one attached hydrogen (secondary N) is 1. The Bertz CT molecular complexity index is 935. The summed E-state index contributed by atoms with van der Waals surface area (Å²) in [4.78, 5) is 12.6. The molecule has 1 amide bonds. The average molecular weight is 403 g/mol. The van der Waals surface area contributed by atoms with E-state index in [1.165, 1.54) is 0 Å². The molecule has 0 spiro atoms. The normalized spacial score (nSPS) is 12.7. The van der Waals surface area contributed by atoms with Crippen LogP contribution in [-0.4, -0.2) is 27.1 Å². The maximum atomic E-state index is 12.6. The number of carbonyl (C=O) groups excluding carboxylic acids is 1. The summed E-state index contributed by atoms with van der Waals surface area (Å²) in [7, 11) is -3.59. The van der Waals surface area contributed by atoms with Gasteiger partial charge in [0.1, 0.15) is 6.54 Å². The fraction of sp³-hybridized carbons (Fsp3) is 0.409. The van der Waals surface area contributed by atoms with Crippen LogP contribution >= 0.6 is 0 Å². The molecule has 5 nitrogen and oxygen atoms in total. The Hall–Kier alpha value is -2.34. The highest BCUT2D eigenvalue weighted by Gasteiger charge is 2.22. The Morgan fingerprint density at radius 2 is 1.64 bits per heavy atom. The number of sulfonamides is 1. The summed E-state index contributed by atoms with van der Waals surface area (Å²) in [5.41, 5.74) is 4.83. The number of nitrogens with zero attached hydrogens (tertiary/aromatic N) is 1. The lowest BCUT2D eigenvalue weighted by Gasteiger charge is -2.24. The predicted octanol–water partition coefficient (Wildman–Crippen LogP) is 4.07. The van der Waals surface area contributed by atoms with E-state index in [2.05, 4.69) is 19.2 Å². The SMILES string of the molecule is Cc1ccc(C)c([C@@H](C)NC(=O)CN(c2ccc(C(C)C)cc2)S(C)(=O)=O)c1. The first-order valence-electron chi connectivity index (χ1n) is 9.43. The summed E-state index contributed by atoms with van der Waals surface area (Å²) >= 11 is 0. The van der Waals surface area contributed by atoms with Gasteiger partial charge in [-0.15, -0.1) is 0 Å². The van der Waals surface area contributed by atoms with E-state index >= 15 is 0 Å². The summed E-state index contributed by atoms with van der Waals surface area (Å²) in [5, 5.41) is 2.92. The third-order valence-corrected chi connectivity index (χ3v) is 5.95. The molecule has 2 aromatic rings. The summed E-state index contributed by atoms with van der Waals surface area (Å²) in [6.07, 6.45) is 1.12. The molecule has 6 heteroatoms. The number of hydrogen-bond donors (Lipinski definition) is 1. The monoisotopic (exact) mass is 402 g/mol. The van der Waals surface area contributed by atoms with E-state index < -0.39 is 10.0 Å². The van der Waals surface area contributed by atoms with E-state index in [0.717, 1.165) is 32.8 Å². The molecular formula is C22H30N2O3S. The number of benzene rings is 2. The Balaban J connectivity index is 2.18. The first-order valence-corrected chi connectivity index (χ1v) is 11.3. The minimum absolute atomic E-state index is 0.211. The highest BCUT2D eigenvalue weighted by Crippen LogP contribution is 2.23. The van der Waals surface area contributed by atoms with Crippen LogP contribution in [-0.2, 0) is 14.8 Å². The molecule has 2 rings (SSSR count). The first kappa shape index (κ1) is 22.0. The minimum Gasteiger partial charge on any atom is -0.348 e. The quantitative estimate of drug-likeness (QED) is 0.759. The van der Waals surface area contributed by atoms with Crippen LogP contribution < -0.4 is 9.62 Å². The van der Waals surface area contributed by atoms with Gasteiger partial charge < -0.3 is 5.32 Å². The Kier molecular flexibility index (Phi) is 6.88. The van der Waals surface area contributed by atoms with Crippen molar-refractivity contribution in [1.82, 2.24) is 5.32 Å². The van der Waals surface area contributed by atoms with E-state index in [1.807, 2.05) is 51.1 Å².